The Kier molecular flexibility index (Phi) is 4.13. The molecular formula is C18H20N4O3. The maximum absolute atomic E-state index is 12.8. The van der Waals surface area contributed by atoms with E-state index in [4.69, 9.17) is 4.74 Å². The summed E-state index contributed by atoms with van der Waals surface area (Å²) in [4.78, 5) is 32.5. The van der Waals surface area contributed by atoms with Crippen LogP contribution in [-0.4, -0.2) is 52.5 Å². The van der Waals surface area contributed by atoms with Crippen molar-refractivity contribution in [3.63, 3.8) is 0 Å². The molecule has 2 amide bonds. The first-order valence-electron chi connectivity index (χ1n) is 8.50. The average Bonchev–Trinajstić information content (AvgIpc) is 3.19. The van der Waals surface area contributed by atoms with Crippen molar-refractivity contribution >= 4 is 17.5 Å². The summed E-state index contributed by atoms with van der Waals surface area (Å²) in [5, 5.41) is 0. The maximum atomic E-state index is 12.8. The number of para-hydroxylation sites is 2. The Hall–Kier alpha value is -2.83. The molecule has 4 rings (SSSR count). The first-order valence-corrected chi connectivity index (χ1v) is 8.50. The van der Waals surface area contributed by atoms with Gasteiger partial charge in [-0.1, -0.05) is 12.1 Å². The van der Waals surface area contributed by atoms with Gasteiger partial charge in [-0.2, -0.15) is 0 Å². The van der Waals surface area contributed by atoms with E-state index in [2.05, 4.69) is 9.55 Å². The number of imidazole rings is 1. The second-order valence-corrected chi connectivity index (χ2v) is 6.38. The molecule has 0 radical (unpaired) electrons. The molecule has 2 aliphatic heterocycles. The lowest BCUT2D eigenvalue weighted by molar-refractivity contribution is -0.133. The fraction of sp³-hybridized carbons (Fsp3) is 0.389. The number of amides is 2. The van der Waals surface area contributed by atoms with Crippen molar-refractivity contribution < 1.29 is 14.3 Å². The van der Waals surface area contributed by atoms with Crippen molar-refractivity contribution in [2.75, 3.05) is 31.1 Å². The largest absolute Gasteiger partial charge is 0.482 e. The number of likely N-dealkylation sites (tertiary alicyclic amines) is 1. The summed E-state index contributed by atoms with van der Waals surface area (Å²) >= 11 is 0. The predicted octanol–water partition coefficient (Wildman–Crippen LogP) is 1.47. The molecule has 0 saturated carbocycles. The van der Waals surface area contributed by atoms with Gasteiger partial charge in [0, 0.05) is 25.5 Å². The van der Waals surface area contributed by atoms with Gasteiger partial charge in [0.2, 0.25) is 5.91 Å². The molecule has 2 aliphatic rings. The van der Waals surface area contributed by atoms with Crippen molar-refractivity contribution in [3.05, 3.63) is 43.0 Å². The highest BCUT2D eigenvalue weighted by molar-refractivity contribution is 6.02. The van der Waals surface area contributed by atoms with E-state index in [9.17, 15) is 9.59 Å². The number of anilines is 1. The van der Waals surface area contributed by atoms with Gasteiger partial charge in [0.25, 0.3) is 5.91 Å². The van der Waals surface area contributed by atoms with Crippen molar-refractivity contribution in [1.82, 2.24) is 14.5 Å². The third kappa shape index (κ3) is 3.09. The number of fused-ring (bicyclic) bond motifs is 1. The summed E-state index contributed by atoms with van der Waals surface area (Å²) < 4.78 is 7.48. The van der Waals surface area contributed by atoms with Crippen LogP contribution in [0.25, 0.3) is 0 Å². The number of nitrogens with zero attached hydrogens (tertiary/aromatic N) is 4. The van der Waals surface area contributed by atoms with Crippen LogP contribution in [-0.2, 0) is 9.59 Å². The molecule has 1 atom stereocenters. The molecule has 0 bridgehead atoms. The fourth-order valence-electron chi connectivity index (χ4n) is 3.47. The van der Waals surface area contributed by atoms with Crippen molar-refractivity contribution in [2.45, 2.75) is 18.9 Å². The van der Waals surface area contributed by atoms with Gasteiger partial charge in [0.05, 0.1) is 18.1 Å². The van der Waals surface area contributed by atoms with Gasteiger partial charge < -0.3 is 14.2 Å². The van der Waals surface area contributed by atoms with Crippen LogP contribution in [0.2, 0.25) is 0 Å². The zero-order valence-corrected chi connectivity index (χ0v) is 13.9. The van der Waals surface area contributed by atoms with Gasteiger partial charge in [-0.15, -0.1) is 0 Å². The van der Waals surface area contributed by atoms with Crippen LogP contribution in [0.3, 0.4) is 0 Å². The lowest BCUT2D eigenvalue weighted by Crippen LogP contribution is -2.49. The van der Waals surface area contributed by atoms with Gasteiger partial charge in [-0.25, -0.2) is 4.98 Å². The number of hydrogen-bond acceptors (Lipinski definition) is 4. The Balaban J connectivity index is 1.47. The molecule has 1 aromatic carbocycles. The first kappa shape index (κ1) is 15.7. The number of carbonyl (C=O) groups is 2. The molecule has 1 aromatic heterocycles. The van der Waals surface area contributed by atoms with E-state index < -0.39 is 0 Å². The third-order valence-corrected chi connectivity index (χ3v) is 4.80. The second-order valence-electron chi connectivity index (χ2n) is 6.38. The Morgan fingerprint density at radius 3 is 3.04 bits per heavy atom. The smallest absolute Gasteiger partial charge is 0.265 e. The first-order chi connectivity index (χ1) is 12.2. The Bertz CT molecular complexity index is 774. The maximum Gasteiger partial charge on any atom is 0.265 e. The summed E-state index contributed by atoms with van der Waals surface area (Å²) in [6, 6.07) is 7.57. The second kappa shape index (κ2) is 6.58. The molecule has 3 heterocycles. The Labute approximate surface area is 145 Å². The molecule has 1 saturated heterocycles. The molecule has 1 fully saturated rings. The molecule has 0 aliphatic carbocycles. The molecule has 0 spiro atoms. The third-order valence-electron chi connectivity index (χ3n) is 4.80. The van der Waals surface area contributed by atoms with Gasteiger partial charge in [0.1, 0.15) is 12.3 Å². The van der Waals surface area contributed by atoms with Crippen LogP contribution in [0.5, 0.6) is 5.75 Å². The van der Waals surface area contributed by atoms with Gasteiger partial charge in [0.15, 0.2) is 6.61 Å². The Morgan fingerprint density at radius 2 is 2.20 bits per heavy atom. The van der Waals surface area contributed by atoms with Crippen LogP contribution >= 0.6 is 0 Å². The van der Waals surface area contributed by atoms with Crippen LogP contribution in [0.15, 0.2) is 43.0 Å². The minimum atomic E-state index is -0.185. The number of piperidine rings is 1. The highest BCUT2D eigenvalue weighted by Crippen LogP contribution is 2.31. The highest BCUT2D eigenvalue weighted by Gasteiger charge is 2.30. The number of benzene rings is 1. The minimum absolute atomic E-state index is 0.0258. The van der Waals surface area contributed by atoms with E-state index >= 15 is 0 Å². The normalized spacial score (nSPS) is 20.2. The quantitative estimate of drug-likeness (QED) is 0.849. The van der Waals surface area contributed by atoms with Crippen LogP contribution in [0.4, 0.5) is 5.69 Å². The molecule has 0 N–H and O–H groups in total. The van der Waals surface area contributed by atoms with Crippen LogP contribution < -0.4 is 9.64 Å². The van der Waals surface area contributed by atoms with E-state index in [1.165, 1.54) is 4.90 Å². The van der Waals surface area contributed by atoms with Crippen molar-refractivity contribution in [2.24, 2.45) is 0 Å². The summed E-state index contributed by atoms with van der Waals surface area (Å²) in [6.45, 7) is 1.40. The Morgan fingerprint density at radius 1 is 1.32 bits per heavy atom. The van der Waals surface area contributed by atoms with Crippen molar-refractivity contribution in [1.29, 1.82) is 0 Å². The summed E-state index contributed by atoms with van der Waals surface area (Å²) in [6.07, 6.45) is 7.45. The lowest BCUT2D eigenvalue weighted by atomic mass is 10.1. The van der Waals surface area contributed by atoms with E-state index in [1.807, 2.05) is 35.4 Å². The zero-order valence-electron chi connectivity index (χ0n) is 13.9. The molecule has 25 heavy (non-hydrogen) atoms. The van der Waals surface area contributed by atoms with E-state index in [0.29, 0.717) is 18.0 Å². The van der Waals surface area contributed by atoms with Gasteiger partial charge in [-0.05, 0) is 25.0 Å². The predicted molar refractivity (Wildman–Crippen MR) is 91.4 cm³/mol. The van der Waals surface area contributed by atoms with Crippen LogP contribution in [0.1, 0.15) is 18.9 Å². The monoisotopic (exact) mass is 340 g/mol. The van der Waals surface area contributed by atoms with E-state index in [0.717, 1.165) is 19.4 Å². The minimum Gasteiger partial charge on any atom is -0.482 e. The SMILES string of the molecule is O=C(CN1C(=O)COc2ccccc21)N1CCCC(n2ccnc2)C1. The van der Waals surface area contributed by atoms with Crippen molar-refractivity contribution in [3.8, 4) is 5.75 Å². The topological polar surface area (TPSA) is 67.7 Å². The summed E-state index contributed by atoms with van der Waals surface area (Å²) in [5.74, 6) is 0.426. The number of aromatic nitrogens is 2. The number of rotatable bonds is 3. The van der Waals surface area contributed by atoms with E-state index in [-0.39, 0.29) is 31.0 Å². The molecule has 7 heteroatoms. The van der Waals surface area contributed by atoms with E-state index in [1.54, 1.807) is 12.5 Å². The lowest BCUT2D eigenvalue weighted by Gasteiger charge is -2.35. The molecule has 2 aromatic rings. The van der Waals surface area contributed by atoms with Crippen LogP contribution in [0, 0.1) is 0 Å². The standard InChI is InChI=1S/C18H20N4O3/c23-17(20-8-3-4-14(10-20)21-9-7-19-13-21)11-22-15-5-1-2-6-16(15)25-12-18(22)24/h1-2,5-7,9,13-14H,3-4,8,10-12H2. The molecular weight excluding hydrogens is 320 g/mol. The number of carbonyl (C=O) groups excluding carboxylic acids is 2. The number of ether oxygens (including phenoxy) is 1. The molecule has 1 unspecified atom stereocenters. The summed E-state index contributed by atoms with van der Waals surface area (Å²) in [5.41, 5.74) is 0.662. The summed E-state index contributed by atoms with van der Waals surface area (Å²) in [7, 11) is 0. The average molecular weight is 340 g/mol. The molecule has 130 valence electrons. The zero-order chi connectivity index (χ0) is 17.2. The van der Waals surface area contributed by atoms with Gasteiger partial charge in [-0.3, -0.25) is 14.5 Å². The van der Waals surface area contributed by atoms with Gasteiger partial charge >= 0.3 is 0 Å². The molecule has 7 nitrogen and oxygen atoms in total. The highest BCUT2D eigenvalue weighted by atomic mass is 16.5. The number of hydrogen-bond donors (Lipinski definition) is 0. The fourth-order valence-corrected chi connectivity index (χ4v) is 3.47.